The van der Waals surface area contributed by atoms with E-state index < -0.39 is 0 Å². The van der Waals surface area contributed by atoms with Gasteiger partial charge in [0.25, 0.3) is 0 Å². The van der Waals surface area contributed by atoms with Crippen molar-refractivity contribution >= 4 is 11.8 Å². The summed E-state index contributed by atoms with van der Waals surface area (Å²) in [7, 11) is 0. The van der Waals surface area contributed by atoms with Crippen LogP contribution in [0.15, 0.2) is 30.8 Å². The van der Waals surface area contributed by atoms with Crippen molar-refractivity contribution in [3.05, 3.63) is 36.4 Å². The van der Waals surface area contributed by atoms with Gasteiger partial charge in [-0.3, -0.25) is 0 Å². The molecule has 0 bridgehead atoms. The normalized spacial score (nSPS) is 14.7. The Balaban J connectivity index is 2.25. The van der Waals surface area contributed by atoms with Gasteiger partial charge in [-0.2, -0.15) is 0 Å². The van der Waals surface area contributed by atoms with Crippen LogP contribution in [-0.4, -0.2) is 13.1 Å². The third-order valence-electron chi connectivity index (χ3n) is 1.94. The molecule has 11 heavy (non-hydrogen) atoms. The quantitative estimate of drug-likeness (QED) is 0.576. The van der Waals surface area contributed by atoms with E-state index in [1.165, 1.54) is 24.3 Å². The lowest BCUT2D eigenvalue weighted by Gasteiger charge is -2.01. The number of hydrogen-bond acceptors (Lipinski definition) is 1. The molecule has 0 unspecified atom stereocenters. The maximum absolute atomic E-state index is 3.71. The number of hydrogen-bond donors (Lipinski definition) is 0. The topological polar surface area (TPSA) is 3.01 Å². The van der Waals surface area contributed by atoms with Gasteiger partial charge in [-0.1, -0.05) is 24.8 Å². The van der Waals surface area contributed by atoms with Crippen molar-refractivity contribution in [1.29, 1.82) is 0 Å². The maximum atomic E-state index is 3.71. The first-order valence-corrected chi connectivity index (χ1v) is 3.87. The summed E-state index contributed by atoms with van der Waals surface area (Å²) in [5.41, 5.74) is 2.52. The zero-order chi connectivity index (χ0) is 7.68. The standard InChI is InChI=1S/C10H11N/c1-2-9-3-5-10(6-4-9)11-7-8-11/h2-6H,1,7-8H2. The molecule has 1 aliphatic rings. The van der Waals surface area contributed by atoms with Crippen molar-refractivity contribution in [3.8, 4) is 0 Å². The van der Waals surface area contributed by atoms with Gasteiger partial charge in [0.2, 0.25) is 0 Å². The van der Waals surface area contributed by atoms with Crippen molar-refractivity contribution in [2.75, 3.05) is 18.0 Å². The second-order valence-corrected chi connectivity index (χ2v) is 2.78. The van der Waals surface area contributed by atoms with Crippen molar-refractivity contribution in [1.82, 2.24) is 0 Å². The van der Waals surface area contributed by atoms with E-state index in [4.69, 9.17) is 0 Å². The highest BCUT2D eigenvalue weighted by Crippen LogP contribution is 2.21. The summed E-state index contributed by atoms with van der Waals surface area (Å²) in [6.45, 7) is 6.14. The molecule has 1 aromatic rings. The van der Waals surface area contributed by atoms with E-state index in [1.807, 2.05) is 6.08 Å². The Morgan fingerprint density at radius 1 is 1.18 bits per heavy atom. The van der Waals surface area contributed by atoms with E-state index in [1.54, 1.807) is 0 Å². The molecule has 1 aliphatic heterocycles. The average molecular weight is 145 g/mol. The summed E-state index contributed by atoms with van der Waals surface area (Å²) in [5.74, 6) is 0. The fraction of sp³-hybridized carbons (Fsp3) is 0.200. The number of nitrogens with zero attached hydrogens (tertiary/aromatic N) is 1. The first-order chi connectivity index (χ1) is 5.40. The molecule has 1 nitrogen and oxygen atoms in total. The molecule has 0 atom stereocenters. The third kappa shape index (κ3) is 1.27. The molecule has 56 valence electrons. The van der Waals surface area contributed by atoms with E-state index in [-0.39, 0.29) is 0 Å². The molecule has 0 spiro atoms. The van der Waals surface area contributed by atoms with Gasteiger partial charge in [0.05, 0.1) is 0 Å². The lowest BCUT2D eigenvalue weighted by atomic mass is 10.2. The molecule has 0 N–H and O–H groups in total. The molecule has 1 heterocycles. The molecule has 1 saturated heterocycles. The Bertz CT molecular complexity index is 257. The van der Waals surface area contributed by atoms with Gasteiger partial charge in [0.15, 0.2) is 0 Å². The van der Waals surface area contributed by atoms with Gasteiger partial charge in [-0.15, -0.1) is 0 Å². The smallest absolute Gasteiger partial charge is 0.0367 e. The zero-order valence-corrected chi connectivity index (χ0v) is 6.46. The highest BCUT2D eigenvalue weighted by molar-refractivity contribution is 5.57. The second-order valence-electron chi connectivity index (χ2n) is 2.78. The predicted molar refractivity (Wildman–Crippen MR) is 48.7 cm³/mol. The summed E-state index contributed by atoms with van der Waals surface area (Å²) >= 11 is 0. The minimum atomic E-state index is 1.19. The largest absolute Gasteiger partial charge is 0.368 e. The van der Waals surface area contributed by atoms with Crippen LogP contribution in [0.5, 0.6) is 0 Å². The summed E-state index contributed by atoms with van der Waals surface area (Å²) < 4.78 is 0. The molecule has 1 fully saturated rings. The van der Waals surface area contributed by atoms with Gasteiger partial charge >= 0.3 is 0 Å². The van der Waals surface area contributed by atoms with Crippen LogP contribution in [0.25, 0.3) is 6.08 Å². The predicted octanol–water partition coefficient (Wildman–Crippen LogP) is 2.15. The summed E-state index contributed by atoms with van der Waals surface area (Å²) in [5, 5.41) is 0. The molecule has 2 rings (SSSR count). The van der Waals surface area contributed by atoms with E-state index in [9.17, 15) is 0 Å². The number of benzene rings is 1. The molecule has 0 aromatic heterocycles. The number of rotatable bonds is 2. The Kier molecular flexibility index (Phi) is 1.42. The van der Waals surface area contributed by atoms with E-state index in [0.717, 1.165) is 0 Å². The van der Waals surface area contributed by atoms with Gasteiger partial charge in [-0.05, 0) is 17.7 Å². The molecule has 0 aliphatic carbocycles. The lowest BCUT2D eigenvalue weighted by molar-refractivity contribution is 1.39. The average Bonchev–Trinajstić information content (AvgIpc) is 2.87. The van der Waals surface area contributed by atoms with Crippen LogP contribution in [-0.2, 0) is 0 Å². The fourth-order valence-corrected chi connectivity index (χ4v) is 1.13. The SMILES string of the molecule is C=Cc1ccc(N2CC2)cc1. The van der Waals surface area contributed by atoms with Gasteiger partial charge in [-0.25, -0.2) is 0 Å². The van der Waals surface area contributed by atoms with Crippen LogP contribution in [0.1, 0.15) is 5.56 Å². The molecule has 1 aromatic carbocycles. The maximum Gasteiger partial charge on any atom is 0.0367 e. The van der Waals surface area contributed by atoms with Crippen LogP contribution in [0.2, 0.25) is 0 Å². The Morgan fingerprint density at radius 3 is 2.27 bits per heavy atom. The Hall–Kier alpha value is -1.24. The first kappa shape index (κ1) is 6.47. The highest BCUT2D eigenvalue weighted by Gasteiger charge is 2.16. The summed E-state index contributed by atoms with van der Waals surface area (Å²) in [6, 6.07) is 8.48. The lowest BCUT2D eigenvalue weighted by Crippen LogP contribution is -1.89. The third-order valence-corrected chi connectivity index (χ3v) is 1.94. The Morgan fingerprint density at radius 2 is 1.82 bits per heavy atom. The van der Waals surface area contributed by atoms with Crippen molar-refractivity contribution in [3.63, 3.8) is 0 Å². The molecular formula is C10H11N. The van der Waals surface area contributed by atoms with E-state index in [2.05, 4.69) is 35.7 Å². The Labute approximate surface area is 67.0 Å². The number of anilines is 1. The first-order valence-electron chi connectivity index (χ1n) is 3.87. The van der Waals surface area contributed by atoms with E-state index in [0.29, 0.717) is 0 Å². The van der Waals surface area contributed by atoms with Gasteiger partial charge < -0.3 is 4.90 Å². The minimum absolute atomic E-state index is 1.19. The molecule has 0 amide bonds. The van der Waals surface area contributed by atoms with Gasteiger partial charge in [0.1, 0.15) is 0 Å². The van der Waals surface area contributed by atoms with Crippen LogP contribution >= 0.6 is 0 Å². The van der Waals surface area contributed by atoms with Crippen molar-refractivity contribution < 1.29 is 0 Å². The summed E-state index contributed by atoms with van der Waals surface area (Å²) in [6.07, 6.45) is 1.87. The second kappa shape index (κ2) is 2.42. The van der Waals surface area contributed by atoms with E-state index >= 15 is 0 Å². The monoisotopic (exact) mass is 145 g/mol. The highest BCUT2D eigenvalue weighted by atomic mass is 15.3. The van der Waals surface area contributed by atoms with Crippen LogP contribution < -0.4 is 4.90 Å². The minimum Gasteiger partial charge on any atom is -0.368 e. The zero-order valence-electron chi connectivity index (χ0n) is 6.46. The van der Waals surface area contributed by atoms with Crippen molar-refractivity contribution in [2.45, 2.75) is 0 Å². The fourth-order valence-electron chi connectivity index (χ4n) is 1.13. The summed E-state index contributed by atoms with van der Waals surface area (Å²) in [4.78, 5) is 2.33. The van der Waals surface area contributed by atoms with Crippen molar-refractivity contribution in [2.24, 2.45) is 0 Å². The molecule has 0 saturated carbocycles. The van der Waals surface area contributed by atoms with Crippen LogP contribution in [0.3, 0.4) is 0 Å². The van der Waals surface area contributed by atoms with Gasteiger partial charge in [0, 0.05) is 18.8 Å². The van der Waals surface area contributed by atoms with Crippen LogP contribution in [0, 0.1) is 0 Å². The molecule has 0 radical (unpaired) electrons. The molecular weight excluding hydrogens is 134 g/mol. The molecule has 1 heteroatoms. The van der Waals surface area contributed by atoms with Crippen LogP contribution in [0.4, 0.5) is 5.69 Å².